The van der Waals surface area contributed by atoms with Gasteiger partial charge in [0.05, 0.1) is 21.2 Å². The summed E-state index contributed by atoms with van der Waals surface area (Å²) >= 11 is 3.86. The van der Waals surface area contributed by atoms with E-state index in [2.05, 4.69) is 66.0 Å². The summed E-state index contributed by atoms with van der Waals surface area (Å²) in [5.74, 6) is 2.34. The fourth-order valence-corrected chi connectivity index (χ4v) is 6.29. The quantitative estimate of drug-likeness (QED) is 0.589. The summed E-state index contributed by atoms with van der Waals surface area (Å²) in [6.07, 6.45) is 5.15. The van der Waals surface area contributed by atoms with Crippen molar-refractivity contribution in [3.63, 3.8) is 0 Å². The third kappa shape index (κ3) is 6.25. The monoisotopic (exact) mass is 398 g/mol. The Balaban J connectivity index is 1.58. The molecule has 0 unspecified atom stereocenters. The molecule has 2 aliphatic heterocycles. The second-order valence-electron chi connectivity index (χ2n) is 9.56. The molecular formula is C20H38N4S2. The molecule has 0 aliphatic carbocycles. The minimum absolute atomic E-state index is 0.0153. The normalized spacial score (nSPS) is 25.2. The van der Waals surface area contributed by atoms with Gasteiger partial charge in [0.2, 0.25) is 0 Å². The summed E-state index contributed by atoms with van der Waals surface area (Å²) in [4.78, 5) is 9.67. The fourth-order valence-electron chi connectivity index (χ4n) is 3.80. The average molecular weight is 399 g/mol. The van der Waals surface area contributed by atoms with Crippen molar-refractivity contribution < 1.29 is 0 Å². The highest BCUT2D eigenvalue weighted by Gasteiger charge is 2.39. The molecule has 4 nitrogen and oxygen atoms in total. The second-order valence-corrected chi connectivity index (χ2v) is 11.7. The van der Waals surface area contributed by atoms with Gasteiger partial charge in [-0.25, -0.2) is 0 Å². The molecule has 26 heavy (non-hydrogen) atoms. The van der Waals surface area contributed by atoms with Crippen molar-refractivity contribution >= 4 is 33.6 Å². The van der Waals surface area contributed by atoms with Gasteiger partial charge in [-0.1, -0.05) is 12.8 Å². The van der Waals surface area contributed by atoms with Crippen LogP contribution in [-0.2, 0) is 0 Å². The molecule has 0 saturated heterocycles. The summed E-state index contributed by atoms with van der Waals surface area (Å²) in [6.45, 7) is 17.5. The minimum Gasteiger partial charge on any atom is -0.283 e. The number of hydrogen-bond acceptors (Lipinski definition) is 6. The Morgan fingerprint density at radius 2 is 0.962 bits per heavy atom. The van der Waals surface area contributed by atoms with Crippen molar-refractivity contribution in [1.29, 1.82) is 0 Å². The highest BCUT2D eigenvalue weighted by molar-refractivity contribution is 8.14. The number of unbranched alkanes of at least 4 members (excludes halogenated alkanes) is 3. The maximum atomic E-state index is 4.84. The Morgan fingerprint density at radius 3 is 1.23 bits per heavy atom. The lowest BCUT2D eigenvalue weighted by atomic mass is 10.1. The van der Waals surface area contributed by atoms with Crippen LogP contribution in [0.5, 0.6) is 0 Å². The summed E-state index contributed by atoms with van der Waals surface area (Å²) in [7, 11) is 0. The smallest absolute Gasteiger partial charge is 0.106 e. The van der Waals surface area contributed by atoms with Gasteiger partial charge in [0.25, 0.3) is 0 Å². The van der Waals surface area contributed by atoms with Crippen LogP contribution in [0.25, 0.3) is 0 Å². The highest BCUT2D eigenvalue weighted by atomic mass is 32.2. The third-order valence-corrected chi connectivity index (χ3v) is 7.32. The van der Waals surface area contributed by atoms with E-state index in [9.17, 15) is 0 Å². The minimum atomic E-state index is -0.122. The molecular weight excluding hydrogens is 360 g/mol. The standard InChI is InChI=1S/C20H38N4S2/c1-17(2)15(21-19(5,6)23-17)25-13-11-9-10-12-14-26-16-18(3,4)24-20(7,8)22-16/h23-24H,9-14H2,1-8H3. The number of aliphatic imine (C=N–C) groups is 2. The zero-order valence-corrected chi connectivity index (χ0v) is 19.6. The van der Waals surface area contributed by atoms with Crippen LogP contribution in [0.4, 0.5) is 0 Å². The lowest BCUT2D eigenvalue weighted by Crippen LogP contribution is -2.47. The average Bonchev–Trinajstić information content (AvgIpc) is 2.79. The molecule has 0 saturated carbocycles. The number of rotatable bonds is 7. The predicted octanol–water partition coefficient (Wildman–Crippen LogP) is 5.05. The van der Waals surface area contributed by atoms with Gasteiger partial charge in [0, 0.05) is 0 Å². The van der Waals surface area contributed by atoms with Crippen molar-refractivity contribution in [2.75, 3.05) is 11.5 Å². The van der Waals surface area contributed by atoms with Gasteiger partial charge in [-0.05, 0) is 79.7 Å². The molecule has 2 aliphatic rings. The van der Waals surface area contributed by atoms with E-state index in [1.165, 1.54) is 47.3 Å². The first-order chi connectivity index (χ1) is 11.8. The molecule has 0 fully saturated rings. The molecule has 0 aromatic carbocycles. The molecule has 2 N–H and O–H groups in total. The topological polar surface area (TPSA) is 48.8 Å². The SMILES string of the molecule is CC1(C)N=C(SCCCCCCSC2=NC(C)(C)NC2(C)C)C(C)(C)N1. The van der Waals surface area contributed by atoms with Crippen LogP contribution in [0.2, 0.25) is 0 Å². The molecule has 0 bridgehead atoms. The van der Waals surface area contributed by atoms with Crippen molar-refractivity contribution in [3.05, 3.63) is 0 Å². The maximum absolute atomic E-state index is 4.84. The molecule has 0 atom stereocenters. The Labute approximate surface area is 169 Å². The molecule has 2 heterocycles. The molecule has 6 heteroatoms. The maximum Gasteiger partial charge on any atom is 0.106 e. The van der Waals surface area contributed by atoms with Gasteiger partial charge in [0.1, 0.15) is 11.3 Å². The van der Waals surface area contributed by atoms with Gasteiger partial charge in [-0.15, -0.1) is 23.5 Å². The van der Waals surface area contributed by atoms with E-state index < -0.39 is 0 Å². The van der Waals surface area contributed by atoms with E-state index in [0.717, 1.165) is 0 Å². The Hall–Kier alpha value is -0.0400. The van der Waals surface area contributed by atoms with E-state index in [4.69, 9.17) is 9.98 Å². The summed E-state index contributed by atoms with van der Waals surface area (Å²) in [6, 6.07) is 0. The Morgan fingerprint density at radius 1 is 0.615 bits per heavy atom. The van der Waals surface area contributed by atoms with E-state index in [1.807, 2.05) is 23.5 Å². The third-order valence-electron chi connectivity index (χ3n) is 4.58. The van der Waals surface area contributed by atoms with Crippen molar-refractivity contribution in [1.82, 2.24) is 10.6 Å². The second kappa shape index (κ2) is 8.14. The lowest BCUT2D eigenvalue weighted by Gasteiger charge is -2.25. The van der Waals surface area contributed by atoms with Gasteiger partial charge >= 0.3 is 0 Å². The number of nitrogens with one attached hydrogen (secondary N) is 2. The molecule has 150 valence electrons. The van der Waals surface area contributed by atoms with Crippen LogP contribution >= 0.6 is 23.5 Å². The summed E-state index contributed by atoms with van der Waals surface area (Å²) < 4.78 is 0. The molecule has 0 aromatic rings. The number of thioether (sulfide) groups is 2. The van der Waals surface area contributed by atoms with Crippen molar-refractivity contribution in [2.24, 2.45) is 9.98 Å². The van der Waals surface area contributed by atoms with Gasteiger partial charge in [-0.2, -0.15) is 0 Å². The summed E-state index contributed by atoms with van der Waals surface area (Å²) in [5, 5.41) is 9.69. The van der Waals surface area contributed by atoms with Crippen molar-refractivity contribution in [3.8, 4) is 0 Å². The van der Waals surface area contributed by atoms with Crippen LogP contribution in [0.3, 0.4) is 0 Å². The lowest BCUT2D eigenvalue weighted by molar-refractivity contribution is 0.371. The molecule has 2 rings (SSSR count). The van der Waals surface area contributed by atoms with Crippen LogP contribution in [0, 0.1) is 0 Å². The van der Waals surface area contributed by atoms with Crippen molar-refractivity contribution in [2.45, 2.75) is 103 Å². The summed E-state index contributed by atoms with van der Waals surface area (Å²) in [5.41, 5.74) is -0.213. The fraction of sp³-hybridized carbons (Fsp3) is 0.900. The van der Waals surface area contributed by atoms with E-state index in [1.54, 1.807) is 0 Å². The first kappa shape index (κ1) is 22.3. The molecule has 0 radical (unpaired) electrons. The number of nitrogens with zero attached hydrogens (tertiary/aromatic N) is 2. The van der Waals surface area contributed by atoms with Crippen LogP contribution in [0.15, 0.2) is 9.98 Å². The first-order valence-electron chi connectivity index (χ1n) is 9.88. The van der Waals surface area contributed by atoms with E-state index in [0.29, 0.717) is 0 Å². The Bertz CT molecular complexity index is 512. The molecule has 0 spiro atoms. The Kier molecular flexibility index (Phi) is 6.97. The van der Waals surface area contributed by atoms with E-state index >= 15 is 0 Å². The predicted molar refractivity (Wildman–Crippen MR) is 121 cm³/mol. The van der Waals surface area contributed by atoms with E-state index in [-0.39, 0.29) is 22.4 Å². The van der Waals surface area contributed by atoms with Crippen LogP contribution in [-0.4, -0.2) is 44.0 Å². The van der Waals surface area contributed by atoms with Gasteiger partial charge in [-0.3, -0.25) is 20.6 Å². The molecule has 0 aromatic heterocycles. The van der Waals surface area contributed by atoms with Crippen LogP contribution in [0.1, 0.15) is 81.1 Å². The zero-order valence-electron chi connectivity index (χ0n) is 18.0. The number of hydrogen-bond donors (Lipinski definition) is 2. The van der Waals surface area contributed by atoms with Gasteiger partial charge < -0.3 is 0 Å². The largest absolute Gasteiger partial charge is 0.283 e. The highest BCUT2D eigenvalue weighted by Crippen LogP contribution is 2.31. The zero-order chi connectivity index (χ0) is 19.6. The van der Waals surface area contributed by atoms with Gasteiger partial charge in [0.15, 0.2) is 0 Å². The first-order valence-corrected chi connectivity index (χ1v) is 11.9. The van der Waals surface area contributed by atoms with Crippen LogP contribution < -0.4 is 10.6 Å². The molecule has 0 amide bonds.